The van der Waals surface area contributed by atoms with E-state index in [4.69, 9.17) is 4.74 Å². The number of halogens is 1. The minimum Gasteiger partial charge on any atom is -0.494 e. The third-order valence-corrected chi connectivity index (χ3v) is 5.80. The SMILES string of the molecule is CCCOc1ccc(C(=O)Nc2ccc(N3CCN(Cc4ccccc4F)CC3)cc2)cc1. The molecule has 1 fully saturated rings. The fourth-order valence-electron chi connectivity index (χ4n) is 3.91. The molecule has 0 spiro atoms. The maximum absolute atomic E-state index is 13.9. The summed E-state index contributed by atoms with van der Waals surface area (Å²) in [6.45, 7) is 6.88. The Kier molecular flexibility index (Phi) is 7.58. The molecule has 1 amide bonds. The Morgan fingerprint density at radius 3 is 2.30 bits per heavy atom. The van der Waals surface area contributed by atoms with E-state index in [-0.39, 0.29) is 11.7 Å². The van der Waals surface area contributed by atoms with E-state index >= 15 is 0 Å². The normalized spacial score (nSPS) is 14.2. The highest BCUT2D eigenvalue weighted by Gasteiger charge is 2.18. The molecule has 1 heterocycles. The average molecular weight is 448 g/mol. The van der Waals surface area contributed by atoms with Gasteiger partial charge in [-0.25, -0.2) is 4.39 Å². The number of hydrogen-bond acceptors (Lipinski definition) is 4. The number of ether oxygens (including phenoxy) is 1. The van der Waals surface area contributed by atoms with Crippen molar-refractivity contribution in [2.75, 3.05) is 43.0 Å². The van der Waals surface area contributed by atoms with Crippen LogP contribution in [0.5, 0.6) is 5.75 Å². The van der Waals surface area contributed by atoms with Crippen molar-refractivity contribution in [2.45, 2.75) is 19.9 Å². The first-order valence-electron chi connectivity index (χ1n) is 11.5. The van der Waals surface area contributed by atoms with Gasteiger partial charge < -0.3 is 15.0 Å². The van der Waals surface area contributed by atoms with Crippen LogP contribution in [-0.4, -0.2) is 43.6 Å². The molecule has 0 aliphatic carbocycles. The monoisotopic (exact) mass is 447 g/mol. The number of piperazine rings is 1. The van der Waals surface area contributed by atoms with Crippen molar-refractivity contribution in [2.24, 2.45) is 0 Å². The molecule has 1 aliphatic rings. The summed E-state index contributed by atoms with van der Waals surface area (Å²) in [6.07, 6.45) is 0.946. The van der Waals surface area contributed by atoms with E-state index in [1.165, 1.54) is 6.07 Å². The number of hydrogen-bond donors (Lipinski definition) is 1. The van der Waals surface area contributed by atoms with Gasteiger partial charge in [-0.05, 0) is 61.0 Å². The summed E-state index contributed by atoms with van der Waals surface area (Å²) >= 11 is 0. The molecule has 1 N–H and O–H groups in total. The van der Waals surface area contributed by atoms with Crippen molar-refractivity contribution < 1.29 is 13.9 Å². The summed E-state index contributed by atoms with van der Waals surface area (Å²) in [5, 5.41) is 2.95. The van der Waals surface area contributed by atoms with Gasteiger partial charge in [0.2, 0.25) is 0 Å². The summed E-state index contributed by atoms with van der Waals surface area (Å²) in [5.74, 6) is 0.483. The minimum atomic E-state index is -0.147. The summed E-state index contributed by atoms with van der Waals surface area (Å²) in [5.41, 5.74) is 3.22. The van der Waals surface area contributed by atoms with Crippen LogP contribution in [0.2, 0.25) is 0 Å². The van der Waals surface area contributed by atoms with Gasteiger partial charge >= 0.3 is 0 Å². The number of carbonyl (C=O) groups is 1. The molecule has 0 saturated carbocycles. The maximum atomic E-state index is 13.9. The molecular weight excluding hydrogens is 417 g/mol. The van der Waals surface area contributed by atoms with Gasteiger partial charge in [-0.1, -0.05) is 25.1 Å². The number of anilines is 2. The van der Waals surface area contributed by atoms with E-state index < -0.39 is 0 Å². The average Bonchev–Trinajstić information content (AvgIpc) is 2.85. The standard InChI is InChI=1S/C27H30FN3O2/c1-2-19-33-25-13-7-21(8-14-25)27(32)29-23-9-11-24(12-10-23)31-17-15-30(16-18-31)20-22-5-3-4-6-26(22)28/h3-14H,2,15-20H2,1H3,(H,29,32). The van der Waals surface area contributed by atoms with Gasteiger partial charge in [0.25, 0.3) is 5.91 Å². The molecule has 6 heteroatoms. The number of benzene rings is 3. The first-order chi connectivity index (χ1) is 16.1. The molecular formula is C27H30FN3O2. The van der Waals surface area contributed by atoms with Crippen LogP contribution in [0, 0.1) is 5.82 Å². The zero-order chi connectivity index (χ0) is 23.0. The second-order valence-corrected chi connectivity index (χ2v) is 8.23. The van der Waals surface area contributed by atoms with Crippen molar-refractivity contribution in [3.05, 3.63) is 89.7 Å². The highest BCUT2D eigenvalue weighted by molar-refractivity contribution is 6.04. The number of nitrogens with zero attached hydrogens (tertiary/aromatic N) is 2. The Labute approximate surface area is 194 Å². The molecule has 1 aliphatic heterocycles. The van der Waals surface area contributed by atoms with Crippen LogP contribution in [0.1, 0.15) is 29.3 Å². The van der Waals surface area contributed by atoms with Gasteiger partial charge in [0.15, 0.2) is 0 Å². The summed E-state index contributed by atoms with van der Waals surface area (Å²) in [4.78, 5) is 17.1. The van der Waals surface area contributed by atoms with Crippen LogP contribution in [0.15, 0.2) is 72.8 Å². The first kappa shape index (κ1) is 22.8. The van der Waals surface area contributed by atoms with Crippen LogP contribution in [0.3, 0.4) is 0 Å². The molecule has 0 aromatic heterocycles. The van der Waals surface area contributed by atoms with Crippen molar-refractivity contribution >= 4 is 17.3 Å². The predicted molar refractivity (Wildman–Crippen MR) is 131 cm³/mol. The first-order valence-corrected chi connectivity index (χ1v) is 11.5. The number of rotatable bonds is 8. The maximum Gasteiger partial charge on any atom is 0.255 e. The Bertz CT molecular complexity index is 1050. The Balaban J connectivity index is 1.28. The quantitative estimate of drug-likeness (QED) is 0.516. The molecule has 3 aromatic rings. The van der Waals surface area contributed by atoms with Gasteiger partial charge in [-0.2, -0.15) is 0 Å². The number of carbonyl (C=O) groups excluding carboxylic acids is 1. The highest BCUT2D eigenvalue weighted by Crippen LogP contribution is 2.21. The van der Waals surface area contributed by atoms with E-state index in [1.807, 2.05) is 48.5 Å². The Morgan fingerprint density at radius 2 is 1.64 bits per heavy atom. The van der Waals surface area contributed by atoms with Crippen LogP contribution >= 0.6 is 0 Å². The lowest BCUT2D eigenvalue weighted by Gasteiger charge is -2.36. The predicted octanol–water partition coefficient (Wildman–Crippen LogP) is 5.19. The third-order valence-electron chi connectivity index (χ3n) is 5.80. The molecule has 3 aromatic carbocycles. The Morgan fingerprint density at radius 1 is 0.939 bits per heavy atom. The lowest BCUT2D eigenvalue weighted by atomic mass is 10.1. The van der Waals surface area contributed by atoms with Crippen molar-refractivity contribution in [3.63, 3.8) is 0 Å². The van der Waals surface area contributed by atoms with Gasteiger partial charge in [0.05, 0.1) is 6.61 Å². The van der Waals surface area contributed by atoms with Crippen LogP contribution < -0.4 is 15.0 Å². The van der Waals surface area contributed by atoms with Gasteiger partial charge in [0.1, 0.15) is 11.6 Å². The highest BCUT2D eigenvalue weighted by atomic mass is 19.1. The molecule has 1 saturated heterocycles. The fraction of sp³-hybridized carbons (Fsp3) is 0.296. The van der Waals surface area contributed by atoms with Gasteiger partial charge in [-0.3, -0.25) is 9.69 Å². The van der Waals surface area contributed by atoms with Gasteiger partial charge in [0, 0.05) is 55.2 Å². The molecule has 0 bridgehead atoms. The minimum absolute atomic E-state index is 0.140. The summed E-state index contributed by atoms with van der Waals surface area (Å²) in [6, 6.07) is 22.1. The van der Waals surface area contributed by atoms with Gasteiger partial charge in [-0.15, -0.1) is 0 Å². The molecule has 5 nitrogen and oxygen atoms in total. The molecule has 4 rings (SSSR count). The van der Waals surface area contributed by atoms with E-state index in [0.717, 1.165) is 55.3 Å². The second-order valence-electron chi connectivity index (χ2n) is 8.23. The van der Waals surface area contributed by atoms with E-state index in [9.17, 15) is 9.18 Å². The van der Waals surface area contributed by atoms with Crippen molar-refractivity contribution in [1.82, 2.24) is 4.90 Å². The lowest BCUT2D eigenvalue weighted by molar-refractivity contribution is 0.102. The van der Waals surface area contributed by atoms with E-state index in [0.29, 0.717) is 18.7 Å². The van der Waals surface area contributed by atoms with Crippen molar-refractivity contribution in [1.29, 1.82) is 0 Å². The summed E-state index contributed by atoms with van der Waals surface area (Å²) in [7, 11) is 0. The van der Waals surface area contributed by atoms with Crippen LogP contribution in [-0.2, 0) is 6.54 Å². The summed E-state index contributed by atoms with van der Waals surface area (Å²) < 4.78 is 19.5. The molecule has 0 unspecified atom stereocenters. The molecule has 33 heavy (non-hydrogen) atoms. The lowest BCUT2D eigenvalue weighted by Crippen LogP contribution is -2.46. The van der Waals surface area contributed by atoms with Crippen LogP contribution in [0.4, 0.5) is 15.8 Å². The largest absolute Gasteiger partial charge is 0.494 e. The molecule has 0 radical (unpaired) electrons. The fourth-order valence-corrected chi connectivity index (χ4v) is 3.91. The zero-order valence-electron chi connectivity index (χ0n) is 19.0. The number of nitrogens with one attached hydrogen (secondary N) is 1. The Hall–Kier alpha value is -3.38. The molecule has 172 valence electrons. The van der Waals surface area contributed by atoms with E-state index in [1.54, 1.807) is 18.2 Å². The third kappa shape index (κ3) is 6.11. The number of amides is 1. The van der Waals surface area contributed by atoms with Crippen molar-refractivity contribution in [3.8, 4) is 5.75 Å². The van der Waals surface area contributed by atoms with Crippen LogP contribution in [0.25, 0.3) is 0 Å². The second kappa shape index (κ2) is 11.0. The smallest absolute Gasteiger partial charge is 0.255 e. The molecule has 0 atom stereocenters. The van der Waals surface area contributed by atoms with E-state index in [2.05, 4.69) is 22.0 Å². The topological polar surface area (TPSA) is 44.8 Å². The zero-order valence-corrected chi connectivity index (χ0v) is 19.0.